The van der Waals surface area contributed by atoms with Crippen LogP contribution in [0.4, 0.5) is 0 Å². The Morgan fingerprint density at radius 1 is 1.29 bits per heavy atom. The molecular formula is C16H19N5O2S. The van der Waals surface area contributed by atoms with E-state index in [2.05, 4.69) is 10.2 Å². The summed E-state index contributed by atoms with van der Waals surface area (Å²) < 4.78 is 29.6. The number of sulfonamides is 1. The van der Waals surface area contributed by atoms with Gasteiger partial charge in [0.15, 0.2) is 5.82 Å². The van der Waals surface area contributed by atoms with E-state index in [1.54, 1.807) is 6.33 Å². The Morgan fingerprint density at radius 2 is 2.04 bits per heavy atom. The lowest BCUT2D eigenvalue weighted by atomic mass is 10.0. The van der Waals surface area contributed by atoms with Gasteiger partial charge in [-0.25, -0.2) is 8.42 Å². The molecule has 0 aliphatic carbocycles. The molecule has 1 atom stereocenters. The molecule has 2 aromatic rings. The van der Waals surface area contributed by atoms with Gasteiger partial charge in [-0.05, 0) is 44.0 Å². The highest BCUT2D eigenvalue weighted by Gasteiger charge is 2.36. The highest BCUT2D eigenvalue weighted by atomic mass is 32.2. The summed E-state index contributed by atoms with van der Waals surface area (Å²) in [5.41, 5.74) is 0.440. The molecule has 0 saturated carbocycles. The maximum atomic E-state index is 13.1. The quantitative estimate of drug-likeness (QED) is 0.846. The number of aryl methyl sites for hydroxylation is 1. The van der Waals surface area contributed by atoms with Gasteiger partial charge in [-0.2, -0.15) is 9.57 Å². The molecule has 3 rings (SSSR count). The number of nitriles is 1. The molecule has 0 amide bonds. The van der Waals surface area contributed by atoms with Gasteiger partial charge in [0.05, 0.1) is 22.6 Å². The minimum Gasteiger partial charge on any atom is -0.317 e. The summed E-state index contributed by atoms with van der Waals surface area (Å²) in [5.74, 6) is 0.689. The van der Waals surface area contributed by atoms with Crippen LogP contribution in [0.25, 0.3) is 0 Å². The number of aromatic nitrogens is 3. The van der Waals surface area contributed by atoms with Gasteiger partial charge in [-0.15, -0.1) is 10.2 Å². The number of benzene rings is 1. The van der Waals surface area contributed by atoms with Crippen molar-refractivity contribution < 1.29 is 8.42 Å². The SMILES string of the molecule is CCn1cnnc1[C@@H]1CCCCN1S(=O)(=O)c1ccc(C#N)cc1. The van der Waals surface area contributed by atoms with Crippen LogP contribution in [0.5, 0.6) is 0 Å². The van der Waals surface area contributed by atoms with Crippen molar-refractivity contribution in [2.75, 3.05) is 6.54 Å². The average molecular weight is 345 g/mol. The normalized spacial score (nSPS) is 19.1. The Bertz CT molecular complexity index is 851. The van der Waals surface area contributed by atoms with Crippen molar-refractivity contribution >= 4 is 10.0 Å². The van der Waals surface area contributed by atoms with Crippen LogP contribution in [0.15, 0.2) is 35.5 Å². The second kappa shape index (κ2) is 6.71. The molecule has 0 spiro atoms. The zero-order chi connectivity index (χ0) is 17.2. The van der Waals surface area contributed by atoms with E-state index in [0.29, 0.717) is 24.5 Å². The van der Waals surface area contributed by atoms with Crippen molar-refractivity contribution in [1.82, 2.24) is 19.1 Å². The number of hydrogen-bond acceptors (Lipinski definition) is 5. The van der Waals surface area contributed by atoms with E-state index in [4.69, 9.17) is 5.26 Å². The van der Waals surface area contributed by atoms with Crippen LogP contribution in [0.1, 0.15) is 43.6 Å². The highest BCUT2D eigenvalue weighted by molar-refractivity contribution is 7.89. The van der Waals surface area contributed by atoms with Crippen LogP contribution >= 0.6 is 0 Å². The zero-order valence-corrected chi connectivity index (χ0v) is 14.3. The van der Waals surface area contributed by atoms with Gasteiger partial charge in [-0.1, -0.05) is 6.42 Å². The van der Waals surface area contributed by atoms with Gasteiger partial charge < -0.3 is 4.57 Å². The standard InChI is InChI=1S/C16H19N5O2S/c1-2-20-12-18-19-16(20)15-5-3-4-10-21(15)24(22,23)14-8-6-13(11-17)7-9-14/h6-9,12,15H,2-5,10H2,1H3/t15-/m0/s1. The molecule has 0 N–H and O–H groups in total. The van der Waals surface area contributed by atoms with Crippen molar-refractivity contribution in [3.8, 4) is 6.07 Å². The average Bonchev–Trinajstić information content (AvgIpc) is 3.10. The number of piperidine rings is 1. The Kier molecular flexibility index (Phi) is 4.64. The molecule has 8 heteroatoms. The van der Waals surface area contributed by atoms with Gasteiger partial charge in [0.2, 0.25) is 10.0 Å². The Balaban J connectivity index is 1.99. The maximum absolute atomic E-state index is 13.1. The van der Waals surface area contributed by atoms with E-state index < -0.39 is 10.0 Å². The minimum atomic E-state index is -3.64. The molecule has 2 heterocycles. The van der Waals surface area contributed by atoms with Gasteiger partial charge in [0, 0.05) is 13.1 Å². The van der Waals surface area contributed by atoms with Crippen LogP contribution in [0, 0.1) is 11.3 Å². The number of rotatable bonds is 4. The molecule has 0 radical (unpaired) electrons. The third-order valence-corrected chi connectivity index (χ3v) is 6.25. The summed E-state index contributed by atoms with van der Waals surface area (Å²) >= 11 is 0. The van der Waals surface area contributed by atoms with E-state index in [1.165, 1.54) is 28.6 Å². The van der Waals surface area contributed by atoms with Gasteiger partial charge in [0.1, 0.15) is 6.33 Å². The molecule has 0 unspecified atom stereocenters. The molecule has 126 valence electrons. The van der Waals surface area contributed by atoms with Crippen LogP contribution in [0.2, 0.25) is 0 Å². The largest absolute Gasteiger partial charge is 0.317 e. The van der Waals surface area contributed by atoms with Crippen molar-refractivity contribution in [2.45, 2.75) is 43.7 Å². The fourth-order valence-electron chi connectivity index (χ4n) is 3.05. The predicted octanol–water partition coefficient (Wildman–Crippen LogP) is 2.09. The number of hydrogen-bond donors (Lipinski definition) is 0. The summed E-state index contributed by atoms with van der Waals surface area (Å²) in [6.07, 6.45) is 4.15. The molecule has 0 bridgehead atoms. The molecule has 1 saturated heterocycles. The topological polar surface area (TPSA) is 91.9 Å². The van der Waals surface area contributed by atoms with E-state index in [-0.39, 0.29) is 10.9 Å². The third-order valence-electron chi connectivity index (χ3n) is 4.33. The molecule has 1 aliphatic heterocycles. The lowest BCUT2D eigenvalue weighted by Gasteiger charge is -2.34. The van der Waals surface area contributed by atoms with Crippen molar-refractivity contribution in [3.05, 3.63) is 42.0 Å². The lowest BCUT2D eigenvalue weighted by Crippen LogP contribution is -2.39. The van der Waals surface area contributed by atoms with E-state index in [1.807, 2.05) is 17.6 Å². The second-order valence-electron chi connectivity index (χ2n) is 5.74. The third kappa shape index (κ3) is 2.92. The highest BCUT2D eigenvalue weighted by Crippen LogP contribution is 2.34. The molecule has 7 nitrogen and oxygen atoms in total. The molecule has 1 aliphatic rings. The van der Waals surface area contributed by atoms with Gasteiger partial charge in [-0.3, -0.25) is 0 Å². The van der Waals surface area contributed by atoms with Crippen LogP contribution in [-0.4, -0.2) is 34.0 Å². The molecule has 1 fully saturated rings. The summed E-state index contributed by atoms with van der Waals surface area (Å²) in [6.45, 7) is 3.14. The number of nitrogens with zero attached hydrogens (tertiary/aromatic N) is 5. The van der Waals surface area contributed by atoms with Gasteiger partial charge in [0.25, 0.3) is 0 Å². The smallest absolute Gasteiger partial charge is 0.243 e. The van der Waals surface area contributed by atoms with Crippen LogP contribution < -0.4 is 0 Å². The van der Waals surface area contributed by atoms with Crippen LogP contribution in [-0.2, 0) is 16.6 Å². The van der Waals surface area contributed by atoms with Crippen molar-refractivity contribution in [1.29, 1.82) is 5.26 Å². The van der Waals surface area contributed by atoms with Gasteiger partial charge >= 0.3 is 0 Å². The second-order valence-corrected chi connectivity index (χ2v) is 7.63. The zero-order valence-electron chi connectivity index (χ0n) is 13.5. The molecular weight excluding hydrogens is 326 g/mol. The summed E-state index contributed by atoms with van der Waals surface area (Å²) in [6, 6.07) is 7.73. The summed E-state index contributed by atoms with van der Waals surface area (Å²) in [5, 5.41) is 17.0. The first-order valence-electron chi connectivity index (χ1n) is 7.97. The first-order valence-corrected chi connectivity index (χ1v) is 9.41. The maximum Gasteiger partial charge on any atom is 0.243 e. The van der Waals surface area contributed by atoms with E-state index in [9.17, 15) is 8.42 Å². The summed E-state index contributed by atoms with van der Waals surface area (Å²) in [4.78, 5) is 0.205. The fraction of sp³-hybridized carbons (Fsp3) is 0.438. The van der Waals surface area contributed by atoms with Crippen molar-refractivity contribution in [3.63, 3.8) is 0 Å². The molecule has 1 aromatic carbocycles. The Morgan fingerprint density at radius 3 is 2.71 bits per heavy atom. The Labute approximate surface area is 141 Å². The fourth-order valence-corrected chi connectivity index (χ4v) is 4.71. The predicted molar refractivity (Wildman–Crippen MR) is 87.3 cm³/mol. The first-order chi connectivity index (χ1) is 11.6. The molecule has 24 heavy (non-hydrogen) atoms. The van der Waals surface area contributed by atoms with Crippen molar-refractivity contribution in [2.24, 2.45) is 0 Å². The lowest BCUT2D eigenvalue weighted by molar-refractivity contribution is 0.241. The monoisotopic (exact) mass is 345 g/mol. The first kappa shape index (κ1) is 16.6. The van der Waals surface area contributed by atoms with E-state index >= 15 is 0 Å². The van der Waals surface area contributed by atoms with E-state index in [0.717, 1.165) is 19.3 Å². The Hall–Kier alpha value is -2.24. The minimum absolute atomic E-state index is 0.205. The summed E-state index contributed by atoms with van der Waals surface area (Å²) in [7, 11) is -3.64. The van der Waals surface area contributed by atoms with Crippen LogP contribution in [0.3, 0.4) is 0 Å². The molecule has 1 aromatic heterocycles.